The third-order valence-electron chi connectivity index (χ3n) is 5.65. The number of methoxy groups -OCH3 is 3. The van der Waals surface area contributed by atoms with Gasteiger partial charge in [-0.2, -0.15) is 5.10 Å². The van der Waals surface area contributed by atoms with Gasteiger partial charge in [0, 0.05) is 12.0 Å². The molecule has 0 radical (unpaired) electrons. The molecule has 0 fully saturated rings. The zero-order chi connectivity index (χ0) is 24.6. The summed E-state index contributed by atoms with van der Waals surface area (Å²) in [6.45, 7) is -0.248. The molecule has 0 saturated carbocycles. The molecule has 8 heteroatoms. The van der Waals surface area contributed by atoms with Gasteiger partial charge in [0.2, 0.25) is 0 Å². The van der Waals surface area contributed by atoms with E-state index in [1.165, 1.54) is 11.2 Å². The molecule has 1 heterocycles. The minimum absolute atomic E-state index is 0.248. The van der Waals surface area contributed by atoms with E-state index in [9.17, 15) is 4.79 Å². The smallest absolute Gasteiger partial charge is 0.283 e. The molecule has 0 N–H and O–H groups in total. The highest BCUT2D eigenvalue weighted by Gasteiger charge is 2.33. The largest absolute Gasteiger partial charge is 0.497 e. The minimum Gasteiger partial charge on any atom is -0.497 e. The molecule has 3 aromatic rings. The Morgan fingerprint density at radius 2 is 1.71 bits per heavy atom. The van der Waals surface area contributed by atoms with Crippen LogP contribution in [0.25, 0.3) is 0 Å². The second-order valence-electron chi connectivity index (χ2n) is 7.77. The van der Waals surface area contributed by atoms with Crippen LogP contribution in [0.5, 0.6) is 17.2 Å². The van der Waals surface area contributed by atoms with E-state index in [2.05, 4.69) is 10.3 Å². The first-order valence-corrected chi connectivity index (χ1v) is 11.1. The van der Waals surface area contributed by atoms with Crippen LogP contribution in [0, 0.1) is 0 Å². The van der Waals surface area contributed by atoms with E-state index in [1.54, 1.807) is 33.5 Å². The number of nitrogens with zero attached hydrogens (tertiary/aromatic N) is 3. The Bertz CT molecular complexity index is 1210. The summed E-state index contributed by atoms with van der Waals surface area (Å²) in [6, 6.07) is 22.6. The van der Waals surface area contributed by atoms with Crippen LogP contribution in [-0.2, 0) is 9.63 Å². The summed E-state index contributed by atoms with van der Waals surface area (Å²) in [5, 5.41) is 10.1. The fourth-order valence-electron chi connectivity index (χ4n) is 3.82. The lowest BCUT2D eigenvalue weighted by molar-refractivity contribution is -0.137. The minimum atomic E-state index is -0.291. The summed E-state index contributed by atoms with van der Waals surface area (Å²) >= 11 is 0. The molecular weight excluding hydrogens is 446 g/mol. The van der Waals surface area contributed by atoms with Gasteiger partial charge in [0.15, 0.2) is 18.1 Å². The van der Waals surface area contributed by atoms with Gasteiger partial charge in [-0.25, -0.2) is 5.01 Å². The quantitative estimate of drug-likeness (QED) is 0.339. The number of ether oxygens (including phenoxy) is 3. The summed E-state index contributed by atoms with van der Waals surface area (Å²) in [6.07, 6.45) is 2.11. The third-order valence-corrected chi connectivity index (χ3v) is 5.65. The molecule has 180 valence electrons. The van der Waals surface area contributed by atoms with Crippen molar-refractivity contribution >= 4 is 17.8 Å². The van der Waals surface area contributed by atoms with Gasteiger partial charge in [-0.05, 0) is 41.5 Å². The Kier molecular flexibility index (Phi) is 7.62. The first-order chi connectivity index (χ1) is 17.1. The van der Waals surface area contributed by atoms with Gasteiger partial charge in [-0.15, -0.1) is 0 Å². The summed E-state index contributed by atoms with van der Waals surface area (Å²) in [5.41, 5.74) is 3.53. The summed E-state index contributed by atoms with van der Waals surface area (Å²) in [4.78, 5) is 18.4. The van der Waals surface area contributed by atoms with Gasteiger partial charge < -0.3 is 19.0 Å². The van der Waals surface area contributed by atoms with E-state index in [1.807, 2.05) is 60.7 Å². The average molecular weight is 474 g/mol. The van der Waals surface area contributed by atoms with Crippen molar-refractivity contribution < 1.29 is 23.8 Å². The summed E-state index contributed by atoms with van der Waals surface area (Å²) in [7, 11) is 4.76. The van der Waals surface area contributed by atoms with Crippen LogP contribution in [0.15, 0.2) is 83.1 Å². The molecule has 1 aliphatic rings. The molecule has 0 bridgehead atoms. The Hall–Kier alpha value is -4.33. The highest BCUT2D eigenvalue weighted by Crippen LogP contribution is 2.33. The van der Waals surface area contributed by atoms with Crippen molar-refractivity contribution in [2.75, 3.05) is 27.9 Å². The van der Waals surface area contributed by atoms with Gasteiger partial charge in [0.1, 0.15) is 5.75 Å². The van der Waals surface area contributed by atoms with Crippen molar-refractivity contribution in [3.8, 4) is 17.2 Å². The standard InChI is InChI=1S/C27H27N3O5/c1-32-22-12-10-21(11-13-22)24-16-23(20-7-5-4-6-8-20)29-30(24)27(31)18-35-28-17-19-9-14-25(33-2)26(15-19)34-3/h4-15,17,24H,16,18H2,1-3H3/b28-17+. The third kappa shape index (κ3) is 5.60. The predicted octanol–water partition coefficient (Wildman–Crippen LogP) is 4.44. The Balaban J connectivity index is 1.47. The Morgan fingerprint density at radius 1 is 0.971 bits per heavy atom. The number of hydrogen-bond acceptors (Lipinski definition) is 7. The summed E-state index contributed by atoms with van der Waals surface area (Å²) < 4.78 is 15.8. The molecule has 3 aromatic carbocycles. The van der Waals surface area contributed by atoms with Crippen LogP contribution >= 0.6 is 0 Å². The Morgan fingerprint density at radius 3 is 2.40 bits per heavy atom. The first-order valence-electron chi connectivity index (χ1n) is 11.1. The van der Waals surface area contributed by atoms with Crippen LogP contribution < -0.4 is 14.2 Å². The van der Waals surface area contributed by atoms with E-state index in [0.29, 0.717) is 17.9 Å². The van der Waals surface area contributed by atoms with Crippen LogP contribution in [0.3, 0.4) is 0 Å². The number of oxime groups is 1. The molecule has 0 spiro atoms. The van der Waals surface area contributed by atoms with E-state index < -0.39 is 0 Å². The van der Waals surface area contributed by atoms with Gasteiger partial charge in [0.25, 0.3) is 5.91 Å². The molecule has 8 nitrogen and oxygen atoms in total. The van der Waals surface area contributed by atoms with Crippen molar-refractivity contribution in [2.45, 2.75) is 12.5 Å². The van der Waals surface area contributed by atoms with Gasteiger partial charge in [-0.1, -0.05) is 47.6 Å². The zero-order valence-electron chi connectivity index (χ0n) is 19.9. The van der Waals surface area contributed by atoms with Crippen LogP contribution in [0.1, 0.15) is 29.2 Å². The van der Waals surface area contributed by atoms with Gasteiger partial charge in [-0.3, -0.25) is 4.79 Å². The number of hydrogen-bond donors (Lipinski definition) is 0. The van der Waals surface area contributed by atoms with E-state index in [4.69, 9.17) is 19.0 Å². The highest BCUT2D eigenvalue weighted by molar-refractivity contribution is 6.03. The SMILES string of the molecule is COc1ccc(C2CC(c3ccccc3)=NN2C(=O)CO/N=C/c2ccc(OC)c(OC)c2)cc1. The van der Waals surface area contributed by atoms with E-state index >= 15 is 0 Å². The van der Waals surface area contributed by atoms with Crippen molar-refractivity contribution in [1.29, 1.82) is 0 Å². The molecule has 0 aliphatic carbocycles. The van der Waals surface area contributed by atoms with Gasteiger partial charge >= 0.3 is 0 Å². The predicted molar refractivity (Wildman–Crippen MR) is 133 cm³/mol. The lowest BCUT2D eigenvalue weighted by Crippen LogP contribution is -2.30. The molecule has 35 heavy (non-hydrogen) atoms. The lowest BCUT2D eigenvalue weighted by atomic mass is 9.98. The topological polar surface area (TPSA) is 82.0 Å². The van der Waals surface area contributed by atoms with Crippen molar-refractivity contribution in [1.82, 2.24) is 5.01 Å². The molecule has 0 aromatic heterocycles. The second kappa shape index (κ2) is 11.2. The molecule has 1 unspecified atom stereocenters. The van der Waals surface area contributed by atoms with Crippen LogP contribution in [-0.4, -0.2) is 50.8 Å². The molecule has 0 saturated heterocycles. The fraction of sp³-hybridized carbons (Fsp3) is 0.222. The maximum absolute atomic E-state index is 13.1. The maximum atomic E-state index is 13.1. The average Bonchev–Trinajstić information content (AvgIpc) is 3.37. The number of amides is 1. The number of benzene rings is 3. The zero-order valence-corrected chi connectivity index (χ0v) is 19.9. The number of rotatable bonds is 9. The molecule has 4 rings (SSSR count). The number of hydrazone groups is 1. The second-order valence-corrected chi connectivity index (χ2v) is 7.77. The van der Waals surface area contributed by atoms with Gasteiger partial charge in [0.05, 0.1) is 39.3 Å². The van der Waals surface area contributed by atoms with E-state index in [-0.39, 0.29) is 18.6 Å². The van der Waals surface area contributed by atoms with Crippen molar-refractivity contribution in [2.24, 2.45) is 10.3 Å². The maximum Gasteiger partial charge on any atom is 0.283 e. The lowest BCUT2D eigenvalue weighted by Gasteiger charge is -2.21. The molecule has 1 atom stereocenters. The fourth-order valence-corrected chi connectivity index (χ4v) is 3.82. The van der Waals surface area contributed by atoms with E-state index in [0.717, 1.165) is 28.2 Å². The monoisotopic (exact) mass is 473 g/mol. The van der Waals surface area contributed by atoms with Crippen LogP contribution in [0.2, 0.25) is 0 Å². The summed E-state index contributed by atoms with van der Waals surface area (Å²) in [5.74, 6) is 1.66. The van der Waals surface area contributed by atoms with Crippen molar-refractivity contribution in [3.63, 3.8) is 0 Å². The van der Waals surface area contributed by atoms with Crippen molar-refractivity contribution in [3.05, 3.63) is 89.5 Å². The molecule has 1 aliphatic heterocycles. The number of carbonyl (C=O) groups excluding carboxylic acids is 1. The normalized spacial score (nSPS) is 15.1. The number of carbonyl (C=O) groups is 1. The first kappa shape index (κ1) is 23.8. The van der Waals surface area contributed by atoms with Crippen LogP contribution in [0.4, 0.5) is 0 Å². The highest BCUT2D eigenvalue weighted by atomic mass is 16.6. The molecular formula is C27H27N3O5. The Labute approximate surface area is 204 Å². The molecule has 1 amide bonds.